The molecule has 0 aliphatic rings. The summed E-state index contributed by atoms with van der Waals surface area (Å²) in [7, 11) is 3.33. The fraction of sp³-hybridized carbons (Fsp3) is 0.333. The van der Waals surface area contributed by atoms with Crippen LogP contribution in [-0.4, -0.2) is 19.2 Å². The molecule has 102 valence electrons. The minimum absolute atomic E-state index is 0.204. The van der Waals surface area contributed by atoms with Crippen LogP contribution >= 0.6 is 0 Å². The summed E-state index contributed by atoms with van der Waals surface area (Å²) in [5.74, 6) is 1.65. The highest BCUT2D eigenvalue weighted by molar-refractivity contribution is 5.42. The topological polar surface area (TPSA) is 46.3 Å². The minimum atomic E-state index is 0.204. The molecule has 2 N–H and O–H groups in total. The largest absolute Gasteiger partial charge is 0.497 e. The Morgan fingerprint density at radius 1 is 1.21 bits per heavy atom. The van der Waals surface area contributed by atoms with E-state index >= 15 is 0 Å². The third-order valence-electron chi connectivity index (χ3n) is 3.18. The van der Waals surface area contributed by atoms with Gasteiger partial charge in [0, 0.05) is 36.6 Å². The molecule has 1 aromatic carbocycles. The Kier molecular flexibility index (Phi) is 4.47. The molecule has 0 spiro atoms. The van der Waals surface area contributed by atoms with Gasteiger partial charge in [-0.15, -0.1) is 0 Å². The number of aromatic nitrogens is 1. The Morgan fingerprint density at radius 2 is 2.05 bits per heavy atom. The van der Waals surface area contributed by atoms with E-state index in [1.54, 1.807) is 14.2 Å². The van der Waals surface area contributed by atoms with Gasteiger partial charge in [-0.1, -0.05) is 6.07 Å². The maximum atomic E-state index is 5.42. The van der Waals surface area contributed by atoms with Crippen molar-refractivity contribution in [1.29, 1.82) is 0 Å². The molecule has 4 nitrogen and oxygen atoms in total. The Bertz CT molecular complexity index is 509. The Labute approximate surface area is 113 Å². The Morgan fingerprint density at radius 3 is 2.68 bits per heavy atom. The second kappa shape index (κ2) is 6.29. The first-order chi connectivity index (χ1) is 9.24. The maximum absolute atomic E-state index is 5.42. The van der Waals surface area contributed by atoms with Crippen molar-refractivity contribution < 1.29 is 9.47 Å². The number of H-pyrrole nitrogens is 1. The van der Waals surface area contributed by atoms with Gasteiger partial charge in [-0.25, -0.2) is 0 Å². The van der Waals surface area contributed by atoms with Crippen LogP contribution in [0.1, 0.15) is 24.1 Å². The zero-order chi connectivity index (χ0) is 13.7. The standard InChI is InChI=1S/C15H20N2O2/c1-11(17-10-12-6-7-16-9-12)14-5-4-13(18-2)8-15(14)19-3/h4-9,11,16-17H,10H2,1-3H3. The lowest BCUT2D eigenvalue weighted by Gasteiger charge is -2.17. The summed E-state index contributed by atoms with van der Waals surface area (Å²) < 4.78 is 10.6. The first kappa shape index (κ1) is 13.5. The van der Waals surface area contributed by atoms with E-state index in [4.69, 9.17) is 9.47 Å². The summed E-state index contributed by atoms with van der Waals surface area (Å²) in [4.78, 5) is 3.05. The van der Waals surface area contributed by atoms with Gasteiger partial charge in [-0.05, 0) is 24.6 Å². The molecule has 1 aromatic heterocycles. The molecule has 1 heterocycles. The predicted molar refractivity (Wildman–Crippen MR) is 75.6 cm³/mol. The molecule has 0 saturated carbocycles. The highest BCUT2D eigenvalue weighted by atomic mass is 16.5. The van der Waals surface area contributed by atoms with Crippen molar-refractivity contribution in [1.82, 2.24) is 10.3 Å². The summed E-state index contributed by atoms with van der Waals surface area (Å²) in [6.45, 7) is 2.94. The van der Waals surface area contributed by atoms with Crippen molar-refractivity contribution in [2.45, 2.75) is 19.5 Å². The van der Waals surface area contributed by atoms with Gasteiger partial charge in [0.05, 0.1) is 14.2 Å². The van der Waals surface area contributed by atoms with Crippen molar-refractivity contribution in [3.63, 3.8) is 0 Å². The van der Waals surface area contributed by atoms with E-state index in [1.807, 2.05) is 30.6 Å². The van der Waals surface area contributed by atoms with E-state index in [9.17, 15) is 0 Å². The van der Waals surface area contributed by atoms with Crippen LogP contribution in [0.4, 0.5) is 0 Å². The fourth-order valence-electron chi connectivity index (χ4n) is 2.03. The predicted octanol–water partition coefficient (Wildman–Crippen LogP) is 2.88. The fourth-order valence-corrected chi connectivity index (χ4v) is 2.03. The van der Waals surface area contributed by atoms with Crippen LogP contribution in [0.2, 0.25) is 0 Å². The number of rotatable bonds is 6. The van der Waals surface area contributed by atoms with Crippen molar-refractivity contribution in [2.75, 3.05) is 14.2 Å². The quantitative estimate of drug-likeness (QED) is 0.839. The molecular weight excluding hydrogens is 240 g/mol. The molecule has 0 fully saturated rings. The van der Waals surface area contributed by atoms with Crippen LogP contribution < -0.4 is 14.8 Å². The van der Waals surface area contributed by atoms with Gasteiger partial charge < -0.3 is 19.8 Å². The van der Waals surface area contributed by atoms with Crippen molar-refractivity contribution in [3.8, 4) is 11.5 Å². The van der Waals surface area contributed by atoms with Crippen LogP contribution in [-0.2, 0) is 6.54 Å². The third kappa shape index (κ3) is 3.29. The zero-order valence-corrected chi connectivity index (χ0v) is 11.6. The number of hydrogen-bond donors (Lipinski definition) is 2. The number of methoxy groups -OCH3 is 2. The highest BCUT2D eigenvalue weighted by Crippen LogP contribution is 2.29. The molecule has 2 aromatic rings. The molecule has 4 heteroatoms. The lowest BCUT2D eigenvalue weighted by atomic mass is 10.1. The number of nitrogens with one attached hydrogen (secondary N) is 2. The lowest BCUT2D eigenvalue weighted by Crippen LogP contribution is -2.18. The average Bonchev–Trinajstić information content (AvgIpc) is 2.97. The average molecular weight is 260 g/mol. The molecule has 0 bridgehead atoms. The number of hydrogen-bond acceptors (Lipinski definition) is 3. The van der Waals surface area contributed by atoms with Gasteiger partial charge in [0.1, 0.15) is 11.5 Å². The van der Waals surface area contributed by atoms with E-state index in [0.717, 1.165) is 23.6 Å². The summed E-state index contributed by atoms with van der Waals surface area (Å²) in [6.07, 6.45) is 3.92. The molecule has 0 aliphatic heterocycles. The van der Waals surface area contributed by atoms with Crippen LogP contribution in [0.25, 0.3) is 0 Å². The Hall–Kier alpha value is -1.94. The first-order valence-electron chi connectivity index (χ1n) is 6.31. The third-order valence-corrected chi connectivity index (χ3v) is 3.18. The summed E-state index contributed by atoms with van der Waals surface area (Å²) in [5.41, 5.74) is 2.36. The summed E-state index contributed by atoms with van der Waals surface area (Å²) >= 11 is 0. The lowest BCUT2D eigenvalue weighted by molar-refractivity contribution is 0.386. The van der Waals surface area contributed by atoms with Crippen molar-refractivity contribution in [2.24, 2.45) is 0 Å². The zero-order valence-electron chi connectivity index (χ0n) is 11.6. The van der Waals surface area contributed by atoms with E-state index in [-0.39, 0.29) is 6.04 Å². The van der Waals surface area contributed by atoms with Crippen molar-refractivity contribution in [3.05, 3.63) is 47.8 Å². The molecule has 0 amide bonds. The van der Waals surface area contributed by atoms with Gasteiger partial charge in [-0.2, -0.15) is 0 Å². The first-order valence-corrected chi connectivity index (χ1v) is 6.31. The highest BCUT2D eigenvalue weighted by Gasteiger charge is 2.12. The second-order valence-corrected chi connectivity index (χ2v) is 4.43. The molecular formula is C15H20N2O2. The number of ether oxygens (including phenoxy) is 2. The smallest absolute Gasteiger partial charge is 0.127 e. The molecule has 19 heavy (non-hydrogen) atoms. The second-order valence-electron chi connectivity index (χ2n) is 4.43. The van der Waals surface area contributed by atoms with Gasteiger partial charge in [0.15, 0.2) is 0 Å². The molecule has 0 aliphatic carbocycles. The Balaban J connectivity index is 2.07. The van der Waals surface area contributed by atoms with Crippen LogP contribution in [0, 0.1) is 0 Å². The maximum Gasteiger partial charge on any atom is 0.127 e. The van der Waals surface area contributed by atoms with E-state index in [0.29, 0.717) is 0 Å². The van der Waals surface area contributed by atoms with Gasteiger partial charge in [0.25, 0.3) is 0 Å². The van der Waals surface area contributed by atoms with Crippen LogP contribution in [0.15, 0.2) is 36.7 Å². The molecule has 0 radical (unpaired) electrons. The monoisotopic (exact) mass is 260 g/mol. The SMILES string of the molecule is COc1ccc(C(C)NCc2cc[nH]c2)c(OC)c1. The molecule has 1 atom stereocenters. The van der Waals surface area contributed by atoms with Crippen LogP contribution in [0.3, 0.4) is 0 Å². The summed E-state index contributed by atoms with van der Waals surface area (Å²) in [6, 6.07) is 8.16. The van der Waals surface area contributed by atoms with Gasteiger partial charge in [-0.3, -0.25) is 0 Å². The van der Waals surface area contributed by atoms with E-state index in [2.05, 4.69) is 23.3 Å². The normalized spacial score (nSPS) is 12.2. The van der Waals surface area contributed by atoms with E-state index < -0.39 is 0 Å². The molecule has 2 rings (SSSR count). The minimum Gasteiger partial charge on any atom is -0.497 e. The molecule has 0 saturated heterocycles. The van der Waals surface area contributed by atoms with Gasteiger partial charge >= 0.3 is 0 Å². The van der Waals surface area contributed by atoms with Gasteiger partial charge in [0.2, 0.25) is 0 Å². The summed E-state index contributed by atoms with van der Waals surface area (Å²) in [5, 5.41) is 3.47. The van der Waals surface area contributed by atoms with Crippen LogP contribution in [0.5, 0.6) is 11.5 Å². The number of benzene rings is 1. The van der Waals surface area contributed by atoms with E-state index in [1.165, 1.54) is 5.56 Å². The number of aromatic amines is 1. The van der Waals surface area contributed by atoms with Crippen molar-refractivity contribution >= 4 is 0 Å². The molecule has 1 unspecified atom stereocenters.